The van der Waals surface area contributed by atoms with Crippen LogP contribution in [0.5, 0.6) is 0 Å². The van der Waals surface area contributed by atoms with Crippen molar-refractivity contribution in [3.8, 4) is 0 Å². The fourth-order valence-corrected chi connectivity index (χ4v) is 3.96. The first-order valence-corrected chi connectivity index (χ1v) is 8.78. The molecule has 2 aliphatic rings. The van der Waals surface area contributed by atoms with E-state index in [0.29, 0.717) is 6.04 Å². The average molecular weight is 351 g/mol. The van der Waals surface area contributed by atoms with Crippen LogP contribution >= 0.6 is 15.9 Å². The van der Waals surface area contributed by atoms with E-state index in [1.165, 1.54) is 5.56 Å². The molecule has 3 nitrogen and oxygen atoms in total. The number of amides is 1. The highest BCUT2D eigenvalue weighted by atomic mass is 79.9. The zero-order chi connectivity index (χ0) is 14.7. The summed E-state index contributed by atoms with van der Waals surface area (Å²) in [6, 6.07) is 8.59. The molecule has 0 spiro atoms. The number of nitrogens with one attached hydrogen (secondary N) is 2. The molecular formula is C17H23BrN2O. The summed E-state index contributed by atoms with van der Waals surface area (Å²) in [5.41, 5.74) is 0.863. The highest BCUT2D eigenvalue weighted by Crippen LogP contribution is 2.41. The Morgan fingerprint density at radius 2 is 1.90 bits per heavy atom. The van der Waals surface area contributed by atoms with Gasteiger partial charge in [-0.25, -0.2) is 0 Å². The molecule has 1 saturated carbocycles. The van der Waals surface area contributed by atoms with E-state index < -0.39 is 0 Å². The fraction of sp³-hybridized carbons (Fsp3) is 0.588. The lowest BCUT2D eigenvalue weighted by molar-refractivity contribution is -0.127. The largest absolute Gasteiger partial charge is 0.351 e. The molecule has 0 unspecified atom stereocenters. The van der Waals surface area contributed by atoms with Gasteiger partial charge in [-0.2, -0.15) is 0 Å². The third kappa shape index (κ3) is 3.16. The number of hydrogen-bond acceptors (Lipinski definition) is 2. The zero-order valence-electron chi connectivity index (χ0n) is 12.3. The van der Waals surface area contributed by atoms with Gasteiger partial charge in [0, 0.05) is 17.1 Å². The summed E-state index contributed by atoms with van der Waals surface area (Å²) in [5, 5.41) is 6.67. The molecule has 21 heavy (non-hydrogen) atoms. The Bertz CT molecular complexity index is 488. The van der Waals surface area contributed by atoms with Crippen LogP contribution in [0.2, 0.25) is 0 Å². The van der Waals surface area contributed by atoms with Crippen molar-refractivity contribution in [1.29, 1.82) is 0 Å². The Hall–Kier alpha value is -0.870. The first-order chi connectivity index (χ1) is 10.2. The van der Waals surface area contributed by atoms with Crippen molar-refractivity contribution in [2.45, 2.75) is 50.0 Å². The van der Waals surface area contributed by atoms with E-state index >= 15 is 0 Å². The van der Waals surface area contributed by atoms with Crippen LogP contribution in [0.3, 0.4) is 0 Å². The fourth-order valence-electron chi connectivity index (χ4n) is 3.69. The summed E-state index contributed by atoms with van der Waals surface area (Å²) in [7, 11) is 0. The third-order valence-corrected chi connectivity index (χ3v) is 5.45. The van der Waals surface area contributed by atoms with Crippen molar-refractivity contribution < 1.29 is 4.79 Å². The summed E-state index contributed by atoms with van der Waals surface area (Å²) in [4.78, 5) is 13.0. The number of carbonyl (C=O) groups excluding carboxylic acids is 1. The molecule has 0 bridgehead atoms. The van der Waals surface area contributed by atoms with Gasteiger partial charge in [-0.05, 0) is 49.9 Å². The maximum Gasteiger partial charge on any atom is 0.230 e. The van der Waals surface area contributed by atoms with E-state index in [2.05, 4.69) is 38.7 Å². The van der Waals surface area contributed by atoms with Crippen LogP contribution in [0.1, 0.15) is 44.1 Å². The maximum absolute atomic E-state index is 13.0. The molecule has 0 radical (unpaired) electrons. The minimum absolute atomic E-state index is 0.232. The Balaban J connectivity index is 1.79. The molecule has 3 rings (SSSR count). The number of halogens is 1. The molecule has 1 aromatic carbocycles. The molecule has 1 atom stereocenters. The second kappa shape index (κ2) is 6.49. The van der Waals surface area contributed by atoms with Gasteiger partial charge in [0.1, 0.15) is 0 Å². The number of rotatable bonds is 3. The molecular weight excluding hydrogens is 328 g/mol. The van der Waals surface area contributed by atoms with Crippen LogP contribution in [0.15, 0.2) is 28.7 Å². The van der Waals surface area contributed by atoms with Gasteiger partial charge in [0.2, 0.25) is 5.91 Å². The molecule has 1 aliphatic heterocycles. The van der Waals surface area contributed by atoms with Crippen molar-refractivity contribution >= 4 is 21.8 Å². The Kier molecular flexibility index (Phi) is 4.65. The van der Waals surface area contributed by atoms with Gasteiger partial charge in [0.25, 0.3) is 0 Å². The van der Waals surface area contributed by atoms with Crippen molar-refractivity contribution in [3.05, 3.63) is 34.3 Å². The topological polar surface area (TPSA) is 41.1 Å². The zero-order valence-corrected chi connectivity index (χ0v) is 13.9. The third-order valence-electron chi connectivity index (χ3n) is 4.92. The Morgan fingerprint density at radius 3 is 2.52 bits per heavy atom. The van der Waals surface area contributed by atoms with Gasteiger partial charge in [0.05, 0.1) is 5.41 Å². The summed E-state index contributed by atoms with van der Waals surface area (Å²) in [5.74, 6) is 0.232. The molecule has 1 amide bonds. The number of piperidine rings is 1. The van der Waals surface area contributed by atoms with Crippen LogP contribution < -0.4 is 10.6 Å². The Morgan fingerprint density at radius 1 is 1.19 bits per heavy atom. The van der Waals surface area contributed by atoms with Crippen molar-refractivity contribution in [2.24, 2.45) is 0 Å². The second-order valence-corrected chi connectivity index (χ2v) is 7.23. The molecule has 114 valence electrons. The summed E-state index contributed by atoms with van der Waals surface area (Å²) >= 11 is 3.48. The Labute approximate surface area is 135 Å². The van der Waals surface area contributed by atoms with E-state index in [4.69, 9.17) is 0 Å². The van der Waals surface area contributed by atoms with Gasteiger partial charge in [-0.1, -0.05) is 40.9 Å². The lowest BCUT2D eigenvalue weighted by atomic mass is 9.77. The highest BCUT2D eigenvalue weighted by Gasteiger charge is 2.43. The van der Waals surface area contributed by atoms with Gasteiger partial charge < -0.3 is 10.6 Å². The van der Waals surface area contributed by atoms with Crippen LogP contribution in [0, 0.1) is 0 Å². The van der Waals surface area contributed by atoms with Crippen LogP contribution in [0.4, 0.5) is 0 Å². The predicted octanol–water partition coefficient (Wildman–Crippen LogP) is 3.13. The number of carbonyl (C=O) groups is 1. The quantitative estimate of drug-likeness (QED) is 0.879. The number of benzene rings is 1. The van der Waals surface area contributed by atoms with Gasteiger partial charge >= 0.3 is 0 Å². The second-order valence-electron chi connectivity index (χ2n) is 6.31. The molecule has 1 saturated heterocycles. The normalized spacial score (nSPS) is 24.7. The van der Waals surface area contributed by atoms with E-state index in [-0.39, 0.29) is 11.3 Å². The molecule has 4 heteroatoms. The van der Waals surface area contributed by atoms with Crippen molar-refractivity contribution in [2.75, 3.05) is 13.1 Å². The van der Waals surface area contributed by atoms with Crippen LogP contribution in [0.25, 0.3) is 0 Å². The molecule has 2 N–H and O–H groups in total. The molecule has 1 aliphatic carbocycles. The highest BCUT2D eigenvalue weighted by molar-refractivity contribution is 9.10. The van der Waals surface area contributed by atoms with Gasteiger partial charge in [0.15, 0.2) is 0 Å². The van der Waals surface area contributed by atoms with E-state index in [9.17, 15) is 4.79 Å². The van der Waals surface area contributed by atoms with Gasteiger partial charge in [-0.15, -0.1) is 0 Å². The predicted molar refractivity (Wildman–Crippen MR) is 88.3 cm³/mol. The molecule has 1 heterocycles. The van der Waals surface area contributed by atoms with E-state index in [0.717, 1.165) is 56.1 Å². The maximum atomic E-state index is 13.0. The van der Waals surface area contributed by atoms with Crippen molar-refractivity contribution in [3.63, 3.8) is 0 Å². The summed E-state index contributed by atoms with van der Waals surface area (Å²) < 4.78 is 1.07. The lowest BCUT2D eigenvalue weighted by Gasteiger charge is -2.32. The van der Waals surface area contributed by atoms with Crippen LogP contribution in [-0.4, -0.2) is 25.0 Å². The SMILES string of the molecule is O=C(N[C@H]1CCCNC1)C1(c2ccc(Br)cc2)CCCC1. The van der Waals surface area contributed by atoms with Crippen molar-refractivity contribution in [1.82, 2.24) is 10.6 Å². The average Bonchev–Trinajstić information content (AvgIpc) is 3.00. The first-order valence-electron chi connectivity index (χ1n) is 7.98. The minimum atomic E-state index is -0.307. The van der Waals surface area contributed by atoms with Gasteiger partial charge in [-0.3, -0.25) is 4.79 Å². The standard InChI is InChI=1S/C17H23BrN2O/c18-14-7-5-13(6-8-14)17(9-1-2-10-17)16(21)20-15-4-3-11-19-12-15/h5-8,15,19H,1-4,9-12H2,(H,20,21)/t15-/m0/s1. The molecule has 1 aromatic rings. The smallest absolute Gasteiger partial charge is 0.230 e. The monoisotopic (exact) mass is 350 g/mol. The first kappa shape index (κ1) is 15.0. The summed E-state index contributed by atoms with van der Waals surface area (Å²) in [6.45, 7) is 1.98. The lowest BCUT2D eigenvalue weighted by Crippen LogP contribution is -2.51. The minimum Gasteiger partial charge on any atom is -0.351 e. The van der Waals surface area contributed by atoms with Crippen LogP contribution in [-0.2, 0) is 10.2 Å². The molecule has 0 aromatic heterocycles. The molecule has 2 fully saturated rings. The van der Waals surface area contributed by atoms with E-state index in [1.54, 1.807) is 0 Å². The van der Waals surface area contributed by atoms with E-state index in [1.807, 2.05) is 12.1 Å². The number of hydrogen-bond donors (Lipinski definition) is 2. The summed E-state index contributed by atoms with van der Waals surface area (Å²) in [6.07, 6.45) is 6.48.